The van der Waals surface area contributed by atoms with E-state index in [-0.39, 0.29) is 5.57 Å². The van der Waals surface area contributed by atoms with E-state index in [1.807, 2.05) is 0 Å². The molecule has 0 aromatic carbocycles. The van der Waals surface area contributed by atoms with Crippen LogP contribution in [0, 0.1) is 5.82 Å². The highest BCUT2D eigenvalue weighted by molar-refractivity contribution is 5.27. The van der Waals surface area contributed by atoms with Crippen LogP contribution in [0.4, 0.5) is 10.2 Å². The Morgan fingerprint density at radius 1 is 1.67 bits per heavy atom. The average Bonchev–Trinajstić information content (AvgIpc) is 2.61. The van der Waals surface area contributed by atoms with E-state index in [0.717, 1.165) is 10.8 Å². The van der Waals surface area contributed by atoms with Gasteiger partial charge in [0, 0.05) is 5.57 Å². The van der Waals surface area contributed by atoms with Gasteiger partial charge in [0.1, 0.15) is 12.2 Å². The van der Waals surface area contributed by atoms with Crippen molar-refractivity contribution in [3.05, 3.63) is 34.7 Å². The molecule has 0 aliphatic carbocycles. The molecule has 0 bridgehead atoms. The Labute approximate surface area is 101 Å². The van der Waals surface area contributed by atoms with Crippen molar-refractivity contribution < 1.29 is 19.3 Å². The Balaban J connectivity index is 2.42. The molecule has 7 nitrogen and oxygen atoms in total. The molecule has 2 heterocycles. The largest absolute Gasteiger partial charge is 0.394 e. The second-order valence-electron chi connectivity index (χ2n) is 3.89. The molecular formula is C10H12FN3O4. The van der Waals surface area contributed by atoms with Crippen LogP contribution in [0.25, 0.3) is 0 Å². The van der Waals surface area contributed by atoms with Crippen molar-refractivity contribution in [2.24, 2.45) is 0 Å². The molecule has 1 aromatic rings. The van der Waals surface area contributed by atoms with Gasteiger partial charge in [-0.2, -0.15) is 4.98 Å². The first-order valence-electron chi connectivity index (χ1n) is 5.13. The van der Waals surface area contributed by atoms with Gasteiger partial charge in [0.05, 0.1) is 12.8 Å². The first kappa shape index (κ1) is 12.7. The quantitative estimate of drug-likeness (QED) is 0.572. The van der Waals surface area contributed by atoms with Crippen molar-refractivity contribution in [3.63, 3.8) is 0 Å². The van der Waals surface area contributed by atoms with E-state index < -0.39 is 42.4 Å². The lowest BCUT2D eigenvalue weighted by Crippen LogP contribution is -2.29. The van der Waals surface area contributed by atoms with E-state index in [9.17, 15) is 14.3 Å². The van der Waals surface area contributed by atoms with Gasteiger partial charge < -0.3 is 20.7 Å². The maximum Gasteiger partial charge on any atom is 0.352 e. The molecule has 98 valence electrons. The molecule has 1 fully saturated rings. The van der Waals surface area contributed by atoms with Gasteiger partial charge in [-0.1, -0.05) is 6.58 Å². The van der Waals surface area contributed by atoms with E-state index in [4.69, 9.17) is 15.6 Å². The number of nitrogen functional groups attached to an aromatic ring is 1. The molecule has 0 radical (unpaired) electrons. The number of ether oxygens (including phenoxy) is 1. The van der Waals surface area contributed by atoms with Gasteiger partial charge in [0.25, 0.3) is 0 Å². The highest BCUT2D eigenvalue weighted by Gasteiger charge is 2.38. The van der Waals surface area contributed by atoms with Gasteiger partial charge in [-0.3, -0.25) is 4.57 Å². The Morgan fingerprint density at radius 2 is 2.33 bits per heavy atom. The first-order chi connectivity index (χ1) is 8.45. The zero-order valence-corrected chi connectivity index (χ0v) is 9.28. The fraction of sp³-hybridized carbons (Fsp3) is 0.400. The molecule has 0 spiro atoms. The highest BCUT2D eigenvalue weighted by atomic mass is 19.1. The molecule has 1 unspecified atom stereocenters. The number of nitrogens with zero attached hydrogens (tertiary/aromatic N) is 2. The van der Waals surface area contributed by atoms with Crippen LogP contribution in [0.2, 0.25) is 0 Å². The zero-order chi connectivity index (χ0) is 13.4. The van der Waals surface area contributed by atoms with E-state index in [1.54, 1.807) is 0 Å². The predicted octanol–water partition coefficient (Wildman–Crippen LogP) is -1.23. The summed E-state index contributed by atoms with van der Waals surface area (Å²) in [6, 6.07) is 0. The summed E-state index contributed by atoms with van der Waals surface area (Å²) < 4.78 is 19.3. The number of aliphatic hydroxyl groups excluding tert-OH is 2. The summed E-state index contributed by atoms with van der Waals surface area (Å²) in [6.45, 7) is 3.11. The number of nitrogens with two attached hydrogens (primary N) is 1. The number of anilines is 1. The monoisotopic (exact) mass is 257 g/mol. The Morgan fingerprint density at radius 3 is 2.89 bits per heavy atom. The SMILES string of the molecule is C=C1C(n2cc(F)c(N)nc2=O)O[C@H](CO)[C@@H]1O. The molecule has 1 aromatic heterocycles. The summed E-state index contributed by atoms with van der Waals surface area (Å²) in [5, 5.41) is 18.6. The third-order valence-corrected chi connectivity index (χ3v) is 2.72. The third kappa shape index (κ3) is 1.90. The minimum atomic E-state index is -1.13. The van der Waals surface area contributed by atoms with Crippen LogP contribution in [-0.2, 0) is 4.74 Å². The van der Waals surface area contributed by atoms with Crippen molar-refractivity contribution in [2.75, 3.05) is 12.3 Å². The van der Waals surface area contributed by atoms with Crippen molar-refractivity contribution in [2.45, 2.75) is 18.4 Å². The van der Waals surface area contributed by atoms with Gasteiger partial charge in [0.15, 0.2) is 17.9 Å². The minimum absolute atomic E-state index is 0.141. The van der Waals surface area contributed by atoms with E-state index in [1.165, 1.54) is 0 Å². The molecule has 3 atom stereocenters. The van der Waals surface area contributed by atoms with Gasteiger partial charge in [-0.05, 0) is 0 Å². The summed E-state index contributed by atoms with van der Waals surface area (Å²) in [5.74, 6) is -1.40. The first-order valence-corrected chi connectivity index (χ1v) is 5.13. The third-order valence-electron chi connectivity index (χ3n) is 2.72. The molecular weight excluding hydrogens is 245 g/mol. The second kappa shape index (κ2) is 4.48. The van der Waals surface area contributed by atoms with E-state index in [2.05, 4.69) is 11.6 Å². The lowest BCUT2D eigenvalue weighted by molar-refractivity contribution is -0.0449. The van der Waals surface area contributed by atoms with Gasteiger partial charge >= 0.3 is 5.69 Å². The van der Waals surface area contributed by atoms with Crippen LogP contribution in [0.3, 0.4) is 0 Å². The van der Waals surface area contributed by atoms with Gasteiger partial charge in [-0.15, -0.1) is 0 Å². The molecule has 4 N–H and O–H groups in total. The van der Waals surface area contributed by atoms with Crippen molar-refractivity contribution >= 4 is 5.82 Å². The van der Waals surface area contributed by atoms with Gasteiger partial charge in [-0.25, -0.2) is 9.18 Å². The van der Waals surface area contributed by atoms with Crippen LogP contribution >= 0.6 is 0 Å². The second-order valence-corrected chi connectivity index (χ2v) is 3.89. The predicted molar refractivity (Wildman–Crippen MR) is 59.0 cm³/mol. The fourth-order valence-electron chi connectivity index (χ4n) is 1.72. The number of hydrogen-bond donors (Lipinski definition) is 3. The summed E-state index contributed by atoms with van der Waals surface area (Å²) in [4.78, 5) is 14.8. The number of halogens is 1. The minimum Gasteiger partial charge on any atom is -0.394 e. The Hall–Kier alpha value is -1.77. The highest BCUT2D eigenvalue weighted by Crippen LogP contribution is 2.31. The fourth-order valence-corrected chi connectivity index (χ4v) is 1.72. The van der Waals surface area contributed by atoms with Crippen LogP contribution in [0.5, 0.6) is 0 Å². The summed E-state index contributed by atoms with van der Waals surface area (Å²) in [7, 11) is 0. The smallest absolute Gasteiger partial charge is 0.352 e. The summed E-state index contributed by atoms with van der Waals surface area (Å²) in [5.41, 5.74) is 4.46. The van der Waals surface area contributed by atoms with Crippen molar-refractivity contribution in [1.82, 2.24) is 9.55 Å². The maximum atomic E-state index is 13.3. The molecule has 1 saturated heterocycles. The average molecular weight is 257 g/mol. The van der Waals surface area contributed by atoms with Crippen LogP contribution < -0.4 is 11.4 Å². The molecule has 8 heteroatoms. The number of aliphatic hydroxyl groups is 2. The number of hydrogen-bond acceptors (Lipinski definition) is 6. The van der Waals surface area contributed by atoms with E-state index in [0.29, 0.717) is 0 Å². The molecule has 0 saturated carbocycles. The van der Waals surface area contributed by atoms with Crippen molar-refractivity contribution in [3.8, 4) is 0 Å². The Bertz CT molecular complexity index is 544. The topological polar surface area (TPSA) is 111 Å². The summed E-state index contributed by atoms with van der Waals surface area (Å²) in [6.07, 6.45) is -2.29. The molecule has 0 amide bonds. The summed E-state index contributed by atoms with van der Waals surface area (Å²) >= 11 is 0. The molecule has 2 rings (SSSR count). The zero-order valence-electron chi connectivity index (χ0n) is 9.28. The molecule has 18 heavy (non-hydrogen) atoms. The number of rotatable bonds is 2. The van der Waals surface area contributed by atoms with Gasteiger partial charge in [0.2, 0.25) is 0 Å². The molecule has 1 aliphatic rings. The number of aromatic nitrogens is 2. The standard InChI is InChI=1S/C10H12FN3O4/c1-4-7(16)6(3-15)18-9(4)14-2-5(11)8(12)13-10(14)17/h2,6-7,9,15-16H,1,3H2,(H2,12,13,17)/t6-,7-,9?/m1/s1. The van der Waals surface area contributed by atoms with E-state index >= 15 is 0 Å². The maximum absolute atomic E-state index is 13.3. The Kier molecular flexibility index (Phi) is 3.16. The van der Waals surface area contributed by atoms with Crippen LogP contribution in [-0.4, -0.2) is 38.6 Å². The van der Waals surface area contributed by atoms with Crippen LogP contribution in [0.15, 0.2) is 23.1 Å². The molecule has 1 aliphatic heterocycles. The lowest BCUT2D eigenvalue weighted by atomic mass is 10.1. The van der Waals surface area contributed by atoms with Crippen molar-refractivity contribution in [1.29, 1.82) is 0 Å². The normalized spacial score (nSPS) is 27.7. The lowest BCUT2D eigenvalue weighted by Gasteiger charge is -2.14. The van der Waals surface area contributed by atoms with Crippen LogP contribution in [0.1, 0.15) is 6.23 Å².